The molecule has 0 spiro atoms. The lowest BCUT2D eigenvalue weighted by molar-refractivity contribution is -0.125. The number of carbonyl (C=O) groups is 1. The van der Waals surface area contributed by atoms with E-state index >= 15 is 0 Å². The van der Waals surface area contributed by atoms with Crippen molar-refractivity contribution in [1.82, 2.24) is 5.32 Å². The Labute approximate surface area is 106 Å². The summed E-state index contributed by atoms with van der Waals surface area (Å²) in [6.07, 6.45) is 4.70. The van der Waals surface area contributed by atoms with Crippen molar-refractivity contribution in [2.24, 2.45) is 11.8 Å². The quantitative estimate of drug-likeness (QED) is 0.834. The minimum Gasteiger partial charge on any atom is -0.469 e. The molecule has 1 heterocycles. The van der Waals surface area contributed by atoms with Crippen LogP contribution in [0.4, 0.5) is 0 Å². The average molecular weight is 249 g/mol. The zero-order valence-electron chi connectivity index (χ0n) is 10.6. The van der Waals surface area contributed by atoms with E-state index < -0.39 is 5.54 Å². The van der Waals surface area contributed by atoms with Gasteiger partial charge in [-0.15, -0.1) is 0 Å². The van der Waals surface area contributed by atoms with Gasteiger partial charge in [-0.2, -0.15) is 0 Å². The molecule has 2 fully saturated rings. The van der Waals surface area contributed by atoms with Gasteiger partial charge in [-0.1, -0.05) is 0 Å². The second-order valence-corrected chi connectivity index (χ2v) is 5.80. The zero-order chi connectivity index (χ0) is 12.8. The molecule has 18 heavy (non-hydrogen) atoms. The van der Waals surface area contributed by atoms with Gasteiger partial charge >= 0.3 is 0 Å². The maximum Gasteiger partial charge on any atom is 0.224 e. The van der Waals surface area contributed by atoms with Gasteiger partial charge in [0.05, 0.1) is 18.4 Å². The Balaban J connectivity index is 1.60. The molecule has 1 aromatic rings. The Kier molecular flexibility index (Phi) is 2.70. The summed E-state index contributed by atoms with van der Waals surface area (Å²) in [5, 5.41) is 12.5. The normalized spacial score (nSPS) is 29.7. The monoisotopic (exact) mass is 249 g/mol. The first-order valence-electron chi connectivity index (χ1n) is 6.60. The molecule has 2 aliphatic rings. The number of furan rings is 1. The molecule has 2 saturated carbocycles. The van der Waals surface area contributed by atoms with Gasteiger partial charge in [0.25, 0.3) is 0 Å². The van der Waals surface area contributed by atoms with Crippen molar-refractivity contribution >= 4 is 5.91 Å². The number of amides is 1. The number of carbonyl (C=O) groups excluding carboxylic acids is 1. The van der Waals surface area contributed by atoms with Crippen LogP contribution in [0.2, 0.25) is 0 Å². The molecule has 3 unspecified atom stereocenters. The Morgan fingerprint density at radius 3 is 2.94 bits per heavy atom. The third-order valence-electron chi connectivity index (χ3n) is 4.25. The summed E-state index contributed by atoms with van der Waals surface area (Å²) < 4.78 is 5.32. The smallest absolute Gasteiger partial charge is 0.224 e. The fourth-order valence-electron chi connectivity index (χ4n) is 2.67. The highest BCUT2D eigenvalue weighted by Crippen LogP contribution is 2.48. The van der Waals surface area contributed by atoms with Gasteiger partial charge in [0.2, 0.25) is 5.91 Å². The van der Waals surface area contributed by atoms with Crippen LogP contribution >= 0.6 is 0 Å². The van der Waals surface area contributed by atoms with Crippen molar-refractivity contribution in [2.45, 2.75) is 37.6 Å². The van der Waals surface area contributed by atoms with E-state index in [0.717, 1.165) is 25.0 Å². The number of aliphatic hydroxyl groups excluding tert-OH is 1. The summed E-state index contributed by atoms with van der Waals surface area (Å²) in [6, 6.07) is 3.77. The largest absolute Gasteiger partial charge is 0.469 e. The SMILES string of the molecule is CC(CO)(NC(=O)C1CC1c1ccco1)C1CC1. The lowest BCUT2D eigenvalue weighted by Gasteiger charge is -2.28. The Hall–Kier alpha value is -1.29. The highest BCUT2D eigenvalue weighted by molar-refractivity contribution is 5.83. The van der Waals surface area contributed by atoms with Crippen LogP contribution in [-0.2, 0) is 4.79 Å². The molecule has 0 aliphatic heterocycles. The summed E-state index contributed by atoms with van der Waals surface area (Å²) in [7, 11) is 0. The minimum absolute atomic E-state index is 0.0146. The fraction of sp³-hybridized carbons (Fsp3) is 0.643. The van der Waals surface area contributed by atoms with Gasteiger partial charge in [0.1, 0.15) is 5.76 Å². The summed E-state index contributed by atoms with van der Waals surface area (Å²) in [4.78, 5) is 12.2. The van der Waals surface area contributed by atoms with Crippen molar-refractivity contribution in [3.63, 3.8) is 0 Å². The fourth-order valence-corrected chi connectivity index (χ4v) is 2.67. The molecule has 2 aliphatic carbocycles. The third kappa shape index (κ3) is 2.05. The van der Waals surface area contributed by atoms with Crippen LogP contribution in [0, 0.1) is 11.8 Å². The second kappa shape index (κ2) is 4.12. The lowest BCUT2D eigenvalue weighted by atomic mass is 9.96. The van der Waals surface area contributed by atoms with Crippen LogP contribution in [0.5, 0.6) is 0 Å². The highest BCUT2D eigenvalue weighted by atomic mass is 16.3. The van der Waals surface area contributed by atoms with Crippen molar-refractivity contribution < 1.29 is 14.3 Å². The molecule has 98 valence electrons. The van der Waals surface area contributed by atoms with Crippen LogP contribution in [0.25, 0.3) is 0 Å². The van der Waals surface area contributed by atoms with Gasteiger partial charge in [-0.25, -0.2) is 0 Å². The molecule has 3 rings (SSSR count). The first kappa shape index (κ1) is 11.8. The molecule has 3 atom stereocenters. The number of rotatable bonds is 5. The minimum atomic E-state index is -0.437. The van der Waals surface area contributed by atoms with Crippen LogP contribution in [0.3, 0.4) is 0 Å². The molecule has 0 radical (unpaired) electrons. The summed E-state index contributed by atoms with van der Waals surface area (Å²) in [5.74, 6) is 1.63. The van der Waals surface area contributed by atoms with E-state index in [4.69, 9.17) is 4.42 Å². The van der Waals surface area contributed by atoms with Crippen molar-refractivity contribution in [3.05, 3.63) is 24.2 Å². The van der Waals surface area contributed by atoms with Gasteiger partial charge in [-0.3, -0.25) is 4.79 Å². The number of aliphatic hydroxyl groups is 1. The number of hydrogen-bond acceptors (Lipinski definition) is 3. The Morgan fingerprint density at radius 2 is 2.39 bits per heavy atom. The molecule has 1 amide bonds. The lowest BCUT2D eigenvalue weighted by Crippen LogP contribution is -2.51. The molecule has 0 saturated heterocycles. The van der Waals surface area contributed by atoms with E-state index in [1.807, 2.05) is 19.1 Å². The maximum absolute atomic E-state index is 12.2. The van der Waals surface area contributed by atoms with E-state index in [1.54, 1.807) is 6.26 Å². The van der Waals surface area contributed by atoms with Gasteiger partial charge < -0.3 is 14.8 Å². The Morgan fingerprint density at radius 1 is 1.61 bits per heavy atom. The molecule has 4 nitrogen and oxygen atoms in total. The van der Waals surface area contributed by atoms with Crippen LogP contribution in [0.15, 0.2) is 22.8 Å². The van der Waals surface area contributed by atoms with Gasteiger partial charge in [0, 0.05) is 11.8 Å². The molecule has 0 aromatic carbocycles. The van der Waals surface area contributed by atoms with Gasteiger partial charge in [-0.05, 0) is 44.2 Å². The average Bonchev–Trinajstić information content (AvgIpc) is 3.28. The maximum atomic E-state index is 12.2. The van der Waals surface area contributed by atoms with Crippen molar-refractivity contribution in [3.8, 4) is 0 Å². The zero-order valence-corrected chi connectivity index (χ0v) is 10.6. The van der Waals surface area contributed by atoms with E-state index in [9.17, 15) is 9.90 Å². The van der Waals surface area contributed by atoms with Crippen LogP contribution in [0.1, 0.15) is 37.9 Å². The van der Waals surface area contributed by atoms with Crippen molar-refractivity contribution in [1.29, 1.82) is 0 Å². The van der Waals surface area contributed by atoms with Gasteiger partial charge in [0.15, 0.2) is 0 Å². The summed E-state index contributed by atoms with van der Waals surface area (Å²) in [5.41, 5.74) is -0.437. The van der Waals surface area contributed by atoms with E-state index in [1.165, 1.54) is 0 Å². The van der Waals surface area contributed by atoms with Crippen LogP contribution < -0.4 is 5.32 Å². The predicted octanol–water partition coefficient (Wildman–Crippen LogP) is 1.66. The third-order valence-corrected chi connectivity index (χ3v) is 4.25. The number of hydrogen-bond donors (Lipinski definition) is 2. The molecular formula is C14H19NO3. The van der Waals surface area contributed by atoms with Crippen molar-refractivity contribution in [2.75, 3.05) is 6.61 Å². The second-order valence-electron chi connectivity index (χ2n) is 5.80. The van der Waals surface area contributed by atoms with E-state index in [0.29, 0.717) is 5.92 Å². The van der Waals surface area contributed by atoms with Crippen LogP contribution in [-0.4, -0.2) is 23.2 Å². The molecule has 2 N–H and O–H groups in total. The summed E-state index contributed by atoms with van der Waals surface area (Å²) >= 11 is 0. The predicted molar refractivity (Wildman–Crippen MR) is 65.9 cm³/mol. The molecule has 4 heteroatoms. The van der Waals surface area contributed by atoms with E-state index in [-0.39, 0.29) is 24.3 Å². The topological polar surface area (TPSA) is 62.5 Å². The molecule has 0 bridgehead atoms. The first-order chi connectivity index (χ1) is 8.64. The highest BCUT2D eigenvalue weighted by Gasteiger charge is 2.49. The molecular weight excluding hydrogens is 230 g/mol. The molecule has 1 aromatic heterocycles. The standard InChI is InChI=1S/C14H19NO3/c1-14(8-16,9-4-5-9)15-13(17)11-7-10(11)12-3-2-6-18-12/h2-3,6,9-11,16H,4-5,7-8H2,1H3,(H,15,17). The first-order valence-corrected chi connectivity index (χ1v) is 6.60. The Bertz CT molecular complexity index is 438. The number of nitrogens with one attached hydrogen (secondary N) is 1. The summed E-state index contributed by atoms with van der Waals surface area (Å²) in [6.45, 7) is 1.95. The van der Waals surface area contributed by atoms with E-state index in [2.05, 4.69) is 5.32 Å².